The molecule has 0 saturated carbocycles. The van der Waals surface area contributed by atoms with Crippen LogP contribution in [0.5, 0.6) is 0 Å². The first-order chi connectivity index (χ1) is 8.89. The Balaban J connectivity index is 2.97. The third kappa shape index (κ3) is 4.53. The molecule has 0 heterocycles. The van der Waals surface area contributed by atoms with Crippen molar-refractivity contribution in [1.29, 1.82) is 0 Å². The first-order valence-corrected chi connectivity index (χ1v) is 7.77. The van der Waals surface area contributed by atoms with Gasteiger partial charge in [0.1, 0.15) is 0 Å². The summed E-state index contributed by atoms with van der Waals surface area (Å²) in [6, 6.07) is 7.78. The SMILES string of the molecule is COC(C)(C)CCC(CCl)(CCl)c1cccc(Cl)c1. The van der Waals surface area contributed by atoms with E-state index in [0.29, 0.717) is 16.8 Å². The van der Waals surface area contributed by atoms with Crippen LogP contribution in [0.2, 0.25) is 5.02 Å². The van der Waals surface area contributed by atoms with E-state index in [4.69, 9.17) is 39.5 Å². The number of halogens is 3. The first-order valence-electron chi connectivity index (χ1n) is 6.32. The van der Waals surface area contributed by atoms with Gasteiger partial charge in [-0.25, -0.2) is 0 Å². The van der Waals surface area contributed by atoms with Crippen LogP contribution in [0, 0.1) is 0 Å². The molecule has 1 rings (SSSR count). The van der Waals surface area contributed by atoms with Crippen LogP contribution in [0.4, 0.5) is 0 Å². The van der Waals surface area contributed by atoms with E-state index in [-0.39, 0.29) is 11.0 Å². The Bertz CT molecular complexity index is 400. The highest BCUT2D eigenvalue weighted by Gasteiger charge is 2.33. The quantitative estimate of drug-likeness (QED) is 0.622. The fourth-order valence-corrected chi connectivity index (χ4v) is 2.98. The van der Waals surface area contributed by atoms with Gasteiger partial charge in [-0.15, -0.1) is 23.2 Å². The molecular weight excluding hydrogens is 303 g/mol. The Morgan fingerprint density at radius 1 is 1.11 bits per heavy atom. The minimum atomic E-state index is -0.260. The van der Waals surface area contributed by atoms with Crippen molar-refractivity contribution in [3.8, 4) is 0 Å². The van der Waals surface area contributed by atoms with E-state index in [0.717, 1.165) is 18.4 Å². The Morgan fingerprint density at radius 3 is 2.21 bits per heavy atom. The van der Waals surface area contributed by atoms with E-state index < -0.39 is 0 Å². The number of hydrogen-bond donors (Lipinski definition) is 0. The molecule has 0 amide bonds. The summed E-state index contributed by atoms with van der Waals surface area (Å²) < 4.78 is 5.47. The largest absolute Gasteiger partial charge is 0.379 e. The van der Waals surface area contributed by atoms with Gasteiger partial charge < -0.3 is 4.74 Å². The molecular formula is C15H21Cl3O. The zero-order valence-corrected chi connectivity index (χ0v) is 13.9. The van der Waals surface area contributed by atoms with Gasteiger partial charge in [0.2, 0.25) is 0 Å². The van der Waals surface area contributed by atoms with Gasteiger partial charge in [0.25, 0.3) is 0 Å². The monoisotopic (exact) mass is 322 g/mol. The third-order valence-corrected chi connectivity index (χ3v) is 4.97. The molecule has 0 aliphatic carbocycles. The first kappa shape index (κ1) is 17.1. The van der Waals surface area contributed by atoms with Crippen LogP contribution < -0.4 is 0 Å². The van der Waals surface area contributed by atoms with E-state index in [9.17, 15) is 0 Å². The van der Waals surface area contributed by atoms with Crippen molar-refractivity contribution in [3.05, 3.63) is 34.9 Å². The summed E-state index contributed by atoms with van der Waals surface area (Å²) in [7, 11) is 1.72. The van der Waals surface area contributed by atoms with Gasteiger partial charge in [0, 0.05) is 29.3 Å². The zero-order valence-electron chi connectivity index (χ0n) is 11.7. The molecule has 0 N–H and O–H groups in total. The topological polar surface area (TPSA) is 9.23 Å². The summed E-state index contributed by atoms with van der Waals surface area (Å²) in [6.07, 6.45) is 1.75. The molecule has 0 saturated heterocycles. The van der Waals surface area contributed by atoms with Crippen molar-refractivity contribution < 1.29 is 4.74 Å². The molecule has 108 valence electrons. The predicted octanol–water partition coefficient (Wildman–Crippen LogP) is 5.26. The Kier molecular flexibility index (Phi) is 6.46. The average Bonchev–Trinajstić information content (AvgIpc) is 2.41. The molecule has 0 bridgehead atoms. The lowest BCUT2D eigenvalue weighted by atomic mass is 9.78. The van der Waals surface area contributed by atoms with E-state index in [1.807, 2.05) is 24.3 Å². The molecule has 0 radical (unpaired) electrons. The summed E-state index contributed by atoms with van der Waals surface area (Å²) in [5.74, 6) is 0.938. The number of hydrogen-bond acceptors (Lipinski definition) is 1. The van der Waals surface area contributed by atoms with E-state index in [1.165, 1.54) is 0 Å². The van der Waals surface area contributed by atoms with Gasteiger partial charge in [-0.2, -0.15) is 0 Å². The average molecular weight is 324 g/mol. The zero-order chi connectivity index (χ0) is 14.5. The lowest BCUT2D eigenvalue weighted by Gasteiger charge is -2.34. The van der Waals surface area contributed by atoms with Gasteiger partial charge in [0.05, 0.1) is 5.60 Å². The smallest absolute Gasteiger partial charge is 0.0623 e. The molecule has 19 heavy (non-hydrogen) atoms. The minimum Gasteiger partial charge on any atom is -0.379 e. The Morgan fingerprint density at radius 2 is 1.74 bits per heavy atom. The minimum absolute atomic E-state index is 0.179. The van der Waals surface area contributed by atoms with Gasteiger partial charge in [0.15, 0.2) is 0 Å². The van der Waals surface area contributed by atoms with Gasteiger partial charge in [-0.1, -0.05) is 23.7 Å². The van der Waals surface area contributed by atoms with Crippen LogP contribution in [-0.4, -0.2) is 24.5 Å². The van der Waals surface area contributed by atoms with Gasteiger partial charge in [-0.3, -0.25) is 0 Å². The Labute approximate surface area is 131 Å². The summed E-state index contributed by atoms with van der Waals surface area (Å²) in [5, 5.41) is 0.711. The Hall–Kier alpha value is 0.0500. The van der Waals surface area contributed by atoms with Crippen molar-refractivity contribution in [1.82, 2.24) is 0 Å². The number of methoxy groups -OCH3 is 1. The number of rotatable bonds is 7. The highest BCUT2D eigenvalue weighted by molar-refractivity contribution is 6.30. The molecule has 0 aromatic heterocycles. The standard InChI is InChI=1S/C15H21Cl3O/c1-14(2,19-3)7-8-15(10-16,11-17)12-5-4-6-13(18)9-12/h4-6,9H,7-8,10-11H2,1-3H3. The lowest BCUT2D eigenvalue weighted by molar-refractivity contribution is 0.0100. The number of ether oxygens (including phenoxy) is 1. The van der Waals surface area contributed by atoms with Crippen molar-refractivity contribution in [2.75, 3.05) is 18.9 Å². The van der Waals surface area contributed by atoms with Gasteiger partial charge in [-0.05, 0) is 44.4 Å². The molecule has 0 fully saturated rings. The second kappa shape index (κ2) is 7.17. The number of benzene rings is 1. The van der Waals surface area contributed by atoms with Crippen molar-refractivity contribution in [3.63, 3.8) is 0 Å². The molecule has 1 nitrogen and oxygen atoms in total. The van der Waals surface area contributed by atoms with E-state index in [1.54, 1.807) is 7.11 Å². The normalized spacial score (nSPS) is 12.7. The van der Waals surface area contributed by atoms with Crippen LogP contribution in [0.15, 0.2) is 24.3 Å². The van der Waals surface area contributed by atoms with Crippen LogP contribution in [0.3, 0.4) is 0 Å². The lowest BCUT2D eigenvalue weighted by Crippen LogP contribution is -2.34. The predicted molar refractivity (Wildman–Crippen MR) is 84.9 cm³/mol. The molecule has 0 aliphatic heterocycles. The van der Waals surface area contributed by atoms with Gasteiger partial charge >= 0.3 is 0 Å². The second-order valence-electron chi connectivity index (χ2n) is 5.52. The summed E-state index contributed by atoms with van der Waals surface area (Å²) in [6.45, 7) is 4.14. The third-order valence-electron chi connectivity index (χ3n) is 3.71. The van der Waals surface area contributed by atoms with Crippen LogP contribution >= 0.6 is 34.8 Å². The fourth-order valence-electron chi connectivity index (χ4n) is 1.93. The molecule has 0 aliphatic rings. The highest BCUT2D eigenvalue weighted by atomic mass is 35.5. The maximum Gasteiger partial charge on any atom is 0.0623 e. The number of alkyl halides is 2. The fraction of sp³-hybridized carbons (Fsp3) is 0.600. The molecule has 4 heteroatoms. The van der Waals surface area contributed by atoms with Crippen molar-refractivity contribution >= 4 is 34.8 Å². The highest BCUT2D eigenvalue weighted by Crippen LogP contribution is 2.36. The summed E-state index contributed by atoms with van der Waals surface area (Å²) in [5.41, 5.74) is 0.656. The van der Waals surface area contributed by atoms with E-state index in [2.05, 4.69) is 13.8 Å². The van der Waals surface area contributed by atoms with Crippen molar-refractivity contribution in [2.45, 2.75) is 37.7 Å². The molecule has 1 aromatic rings. The second-order valence-corrected chi connectivity index (χ2v) is 6.49. The molecule has 0 spiro atoms. The van der Waals surface area contributed by atoms with Crippen molar-refractivity contribution in [2.24, 2.45) is 0 Å². The van der Waals surface area contributed by atoms with Crippen LogP contribution in [0.25, 0.3) is 0 Å². The molecule has 1 aromatic carbocycles. The summed E-state index contributed by atoms with van der Waals surface area (Å²) >= 11 is 18.5. The van der Waals surface area contributed by atoms with Crippen LogP contribution in [0.1, 0.15) is 32.3 Å². The maximum atomic E-state index is 6.22. The van der Waals surface area contributed by atoms with Crippen LogP contribution in [-0.2, 0) is 10.2 Å². The molecule has 0 atom stereocenters. The maximum absolute atomic E-state index is 6.22. The van der Waals surface area contributed by atoms with E-state index >= 15 is 0 Å². The molecule has 0 unspecified atom stereocenters. The summed E-state index contributed by atoms with van der Waals surface area (Å²) in [4.78, 5) is 0.